The van der Waals surface area contributed by atoms with Crippen LogP contribution in [0.5, 0.6) is 0 Å². The zero-order valence-corrected chi connectivity index (χ0v) is 9.37. The number of nitrogens with two attached hydrogens (primary N) is 1. The highest BCUT2D eigenvalue weighted by Gasteiger charge is 2.10. The van der Waals surface area contributed by atoms with Crippen LogP contribution in [0, 0.1) is 11.3 Å². The third-order valence-corrected chi connectivity index (χ3v) is 2.71. The number of imidazole rings is 1. The lowest BCUT2D eigenvalue weighted by Gasteiger charge is -2.03. The molecule has 2 N–H and O–H groups in total. The van der Waals surface area contributed by atoms with Crippen LogP contribution in [0.25, 0.3) is 11.0 Å². The van der Waals surface area contributed by atoms with Gasteiger partial charge in [0.2, 0.25) is 5.95 Å². The van der Waals surface area contributed by atoms with E-state index in [1.165, 1.54) is 0 Å². The van der Waals surface area contributed by atoms with Gasteiger partial charge in [-0.05, 0) is 18.2 Å². The maximum Gasteiger partial charge on any atom is 0.201 e. The van der Waals surface area contributed by atoms with Crippen LogP contribution in [0.4, 0.5) is 5.95 Å². The Labute approximate surface area is 102 Å². The number of hydrogen-bond donors (Lipinski definition) is 1. The third-order valence-electron chi connectivity index (χ3n) is 2.71. The summed E-state index contributed by atoms with van der Waals surface area (Å²) in [5, 5.41) is 12.6. The van der Waals surface area contributed by atoms with Gasteiger partial charge in [0.25, 0.3) is 0 Å². The Morgan fingerprint density at radius 1 is 1.39 bits per heavy atom. The molecule has 3 aromatic rings. The normalized spacial score (nSPS) is 10.6. The SMILES string of the molecule is N#Cc1ccc2nc(N)n(Cc3ccno3)c2c1. The van der Waals surface area contributed by atoms with Crippen LogP contribution in [0.2, 0.25) is 0 Å². The van der Waals surface area contributed by atoms with Crippen LogP contribution in [-0.4, -0.2) is 14.7 Å². The molecule has 0 aliphatic heterocycles. The van der Waals surface area contributed by atoms with Gasteiger partial charge in [-0.25, -0.2) is 4.98 Å². The first kappa shape index (κ1) is 10.4. The van der Waals surface area contributed by atoms with E-state index in [0.29, 0.717) is 23.8 Å². The first-order valence-electron chi connectivity index (χ1n) is 5.33. The number of anilines is 1. The van der Waals surface area contributed by atoms with E-state index in [4.69, 9.17) is 15.5 Å². The fourth-order valence-corrected chi connectivity index (χ4v) is 1.86. The lowest BCUT2D eigenvalue weighted by molar-refractivity contribution is 0.378. The number of nitrogens with zero attached hydrogens (tertiary/aromatic N) is 4. The number of rotatable bonds is 2. The predicted octanol–water partition coefficient (Wildman–Crippen LogP) is 1.53. The number of aromatic nitrogens is 3. The minimum atomic E-state index is 0.386. The smallest absolute Gasteiger partial charge is 0.201 e. The Kier molecular flexibility index (Phi) is 2.24. The fraction of sp³-hybridized carbons (Fsp3) is 0.0833. The van der Waals surface area contributed by atoms with Crippen molar-refractivity contribution in [1.82, 2.24) is 14.7 Å². The molecule has 0 saturated carbocycles. The van der Waals surface area contributed by atoms with Crippen LogP contribution >= 0.6 is 0 Å². The molecule has 0 aliphatic rings. The summed E-state index contributed by atoms with van der Waals surface area (Å²) in [5.41, 5.74) is 8.00. The number of nitriles is 1. The lowest BCUT2D eigenvalue weighted by atomic mass is 10.2. The third kappa shape index (κ3) is 1.58. The summed E-state index contributed by atoms with van der Waals surface area (Å²) < 4.78 is 6.84. The average molecular weight is 239 g/mol. The predicted molar refractivity (Wildman–Crippen MR) is 64.5 cm³/mol. The van der Waals surface area contributed by atoms with Gasteiger partial charge < -0.3 is 14.8 Å². The zero-order valence-electron chi connectivity index (χ0n) is 9.37. The van der Waals surface area contributed by atoms with E-state index in [1.807, 2.05) is 0 Å². The molecule has 6 heteroatoms. The standard InChI is InChI=1S/C12H9N5O/c13-6-8-1-2-10-11(5-8)17(12(14)16-10)7-9-3-4-15-18-9/h1-5H,7H2,(H2,14,16). The van der Waals surface area contributed by atoms with Crippen LogP contribution in [0.3, 0.4) is 0 Å². The Hall–Kier alpha value is -2.81. The van der Waals surface area contributed by atoms with Gasteiger partial charge in [0.1, 0.15) is 0 Å². The molecule has 1 aromatic carbocycles. The summed E-state index contributed by atoms with van der Waals surface area (Å²) in [7, 11) is 0. The van der Waals surface area contributed by atoms with E-state index in [1.54, 1.807) is 35.0 Å². The van der Waals surface area contributed by atoms with E-state index in [2.05, 4.69) is 16.2 Å². The fourth-order valence-electron chi connectivity index (χ4n) is 1.86. The quantitative estimate of drug-likeness (QED) is 0.731. The highest BCUT2D eigenvalue weighted by Crippen LogP contribution is 2.20. The summed E-state index contributed by atoms with van der Waals surface area (Å²) in [6.45, 7) is 0.442. The summed E-state index contributed by atoms with van der Waals surface area (Å²) >= 11 is 0. The van der Waals surface area contributed by atoms with Crippen molar-refractivity contribution < 1.29 is 4.52 Å². The molecule has 0 unspecified atom stereocenters. The Morgan fingerprint density at radius 3 is 3.00 bits per heavy atom. The molecule has 0 spiro atoms. The summed E-state index contributed by atoms with van der Waals surface area (Å²) in [6, 6.07) is 9.11. The van der Waals surface area contributed by atoms with E-state index < -0.39 is 0 Å². The van der Waals surface area contributed by atoms with E-state index in [9.17, 15) is 0 Å². The number of benzene rings is 1. The molecule has 3 rings (SSSR count). The van der Waals surface area contributed by atoms with Crippen molar-refractivity contribution in [3.8, 4) is 6.07 Å². The van der Waals surface area contributed by atoms with Crippen molar-refractivity contribution in [1.29, 1.82) is 5.26 Å². The molecular weight excluding hydrogens is 230 g/mol. The molecule has 0 bridgehead atoms. The topological polar surface area (TPSA) is 93.7 Å². The van der Waals surface area contributed by atoms with Crippen molar-refractivity contribution in [2.75, 3.05) is 5.73 Å². The minimum absolute atomic E-state index is 0.386. The van der Waals surface area contributed by atoms with Crippen LogP contribution in [0.15, 0.2) is 35.0 Å². The van der Waals surface area contributed by atoms with Gasteiger partial charge in [0, 0.05) is 6.07 Å². The monoisotopic (exact) mass is 239 g/mol. The molecule has 18 heavy (non-hydrogen) atoms. The van der Waals surface area contributed by atoms with Crippen LogP contribution < -0.4 is 5.73 Å². The van der Waals surface area contributed by atoms with Crippen LogP contribution in [-0.2, 0) is 6.54 Å². The Balaban J connectivity index is 2.15. The summed E-state index contributed by atoms with van der Waals surface area (Å²) in [4.78, 5) is 4.24. The second kappa shape index (κ2) is 3.89. The summed E-state index contributed by atoms with van der Waals surface area (Å²) in [6.07, 6.45) is 1.57. The highest BCUT2D eigenvalue weighted by atomic mass is 16.5. The molecule has 0 aliphatic carbocycles. The van der Waals surface area contributed by atoms with E-state index in [0.717, 1.165) is 11.0 Å². The van der Waals surface area contributed by atoms with E-state index in [-0.39, 0.29) is 0 Å². The molecule has 0 atom stereocenters. The lowest BCUT2D eigenvalue weighted by Crippen LogP contribution is -2.03. The van der Waals surface area contributed by atoms with Gasteiger partial charge in [0.15, 0.2) is 5.76 Å². The molecular formula is C12H9N5O. The Bertz CT molecular complexity index is 736. The van der Waals surface area contributed by atoms with Crippen molar-refractivity contribution in [3.63, 3.8) is 0 Å². The molecule has 2 aromatic heterocycles. The van der Waals surface area contributed by atoms with Crippen molar-refractivity contribution in [2.45, 2.75) is 6.54 Å². The largest absolute Gasteiger partial charge is 0.369 e. The molecule has 0 amide bonds. The Morgan fingerprint density at radius 2 is 2.28 bits per heavy atom. The first-order chi connectivity index (χ1) is 8.78. The van der Waals surface area contributed by atoms with Crippen LogP contribution in [0.1, 0.15) is 11.3 Å². The minimum Gasteiger partial charge on any atom is -0.369 e. The molecule has 0 fully saturated rings. The van der Waals surface area contributed by atoms with E-state index >= 15 is 0 Å². The second-order valence-electron chi connectivity index (χ2n) is 3.85. The van der Waals surface area contributed by atoms with Gasteiger partial charge in [0.05, 0.1) is 35.4 Å². The maximum absolute atomic E-state index is 8.91. The number of fused-ring (bicyclic) bond motifs is 1. The van der Waals surface area contributed by atoms with Gasteiger partial charge in [-0.1, -0.05) is 5.16 Å². The number of hydrogen-bond acceptors (Lipinski definition) is 5. The van der Waals surface area contributed by atoms with Crippen molar-refractivity contribution in [2.24, 2.45) is 0 Å². The highest BCUT2D eigenvalue weighted by molar-refractivity contribution is 5.79. The molecule has 88 valence electrons. The summed E-state index contributed by atoms with van der Waals surface area (Å²) in [5.74, 6) is 1.07. The molecule has 6 nitrogen and oxygen atoms in total. The average Bonchev–Trinajstić information content (AvgIpc) is 2.99. The van der Waals surface area contributed by atoms with Gasteiger partial charge in [-0.3, -0.25) is 0 Å². The molecule has 2 heterocycles. The van der Waals surface area contributed by atoms with Gasteiger partial charge >= 0.3 is 0 Å². The van der Waals surface area contributed by atoms with Gasteiger partial charge in [-0.15, -0.1) is 0 Å². The van der Waals surface area contributed by atoms with Crippen molar-refractivity contribution >= 4 is 17.0 Å². The second-order valence-corrected chi connectivity index (χ2v) is 3.85. The molecule has 0 saturated heterocycles. The first-order valence-corrected chi connectivity index (χ1v) is 5.33. The number of nitrogen functional groups attached to an aromatic ring is 1. The van der Waals surface area contributed by atoms with Gasteiger partial charge in [-0.2, -0.15) is 5.26 Å². The zero-order chi connectivity index (χ0) is 12.5. The molecule has 0 radical (unpaired) electrons. The van der Waals surface area contributed by atoms with Crippen molar-refractivity contribution in [3.05, 3.63) is 41.8 Å². The maximum atomic E-state index is 8.91.